The molecule has 0 fully saturated rings. The first-order valence-electron chi connectivity index (χ1n) is 4.55. The maximum atomic E-state index is 5.74. The van der Waals surface area contributed by atoms with Crippen molar-refractivity contribution in [1.82, 2.24) is 9.78 Å². The number of aromatic nitrogens is 2. The molecule has 1 heterocycles. The van der Waals surface area contributed by atoms with E-state index in [4.69, 9.17) is 5.73 Å². The molecule has 0 aliphatic heterocycles. The molecule has 14 heavy (non-hydrogen) atoms. The van der Waals surface area contributed by atoms with Gasteiger partial charge in [0, 0.05) is 17.6 Å². The van der Waals surface area contributed by atoms with Crippen molar-refractivity contribution in [2.75, 3.05) is 5.73 Å². The highest BCUT2D eigenvalue weighted by Gasteiger charge is 2.04. The third-order valence-electron chi connectivity index (χ3n) is 2.29. The molecule has 0 amide bonds. The van der Waals surface area contributed by atoms with E-state index in [9.17, 15) is 0 Å². The van der Waals surface area contributed by atoms with Crippen LogP contribution < -0.4 is 5.73 Å². The van der Waals surface area contributed by atoms with Crippen LogP contribution in [0.3, 0.4) is 0 Å². The summed E-state index contributed by atoms with van der Waals surface area (Å²) < 4.78 is 1.89. The highest BCUT2D eigenvalue weighted by Crippen LogP contribution is 2.17. The standard InChI is InChI=1S/C11H13N3/c1-8-3-4-10(12)7-11(8)14-9(2)5-6-13-14/h3-7H,12H2,1-2H3. The van der Waals surface area contributed by atoms with Gasteiger partial charge in [-0.25, -0.2) is 4.68 Å². The number of nitrogens with two attached hydrogens (primary N) is 1. The number of hydrogen-bond acceptors (Lipinski definition) is 2. The summed E-state index contributed by atoms with van der Waals surface area (Å²) in [5.74, 6) is 0. The van der Waals surface area contributed by atoms with Gasteiger partial charge in [-0.3, -0.25) is 0 Å². The van der Waals surface area contributed by atoms with Gasteiger partial charge in [-0.05, 0) is 37.6 Å². The topological polar surface area (TPSA) is 43.8 Å². The lowest BCUT2D eigenvalue weighted by Gasteiger charge is -2.08. The Morgan fingerprint density at radius 2 is 2.00 bits per heavy atom. The number of nitrogens with zero attached hydrogens (tertiary/aromatic N) is 2. The summed E-state index contributed by atoms with van der Waals surface area (Å²) in [6.45, 7) is 4.07. The Bertz CT molecular complexity index is 457. The Labute approximate surface area is 83.2 Å². The van der Waals surface area contributed by atoms with E-state index >= 15 is 0 Å². The average Bonchev–Trinajstić information content (AvgIpc) is 2.56. The third-order valence-corrected chi connectivity index (χ3v) is 2.29. The van der Waals surface area contributed by atoms with Crippen molar-refractivity contribution < 1.29 is 0 Å². The monoisotopic (exact) mass is 187 g/mol. The van der Waals surface area contributed by atoms with Crippen LogP contribution in [0.25, 0.3) is 5.69 Å². The number of hydrogen-bond donors (Lipinski definition) is 1. The Morgan fingerprint density at radius 1 is 1.21 bits per heavy atom. The van der Waals surface area contributed by atoms with Gasteiger partial charge in [-0.15, -0.1) is 0 Å². The summed E-state index contributed by atoms with van der Waals surface area (Å²) in [7, 11) is 0. The van der Waals surface area contributed by atoms with E-state index in [2.05, 4.69) is 12.0 Å². The molecule has 0 radical (unpaired) electrons. The fourth-order valence-corrected chi connectivity index (χ4v) is 1.48. The number of nitrogen functional groups attached to an aromatic ring is 1. The van der Waals surface area contributed by atoms with E-state index in [1.165, 1.54) is 5.56 Å². The van der Waals surface area contributed by atoms with Crippen LogP contribution in [0.2, 0.25) is 0 Å². The summed E-state index contributed by atoms with van der Waals surface area (Å²) >= 11 is 0. The van der Waals surface area contributed by atoms with E-state index < -0.39 is 0 Å². The van der Waals surface area contributed by atoms with Crippen molar-refractivity contribution in [3.63, 3.8) is 0 Å². The lowest BCUT2D eigenvalue weighted by molar-refractivity contribution is 0.841. The molecule has 0 atom stereocenters. The average molecular weight is 187 g/mol. The third kappa shape index (κ3) is 1.37. The fraction of sp³-hybridized carbons (Fsp3) is 0.182. The Hall–Kier alpha value is -1.77. The zero-order valence-electron chi connectivity index (χ0n) is 8.36. The van der Waals surface area contributed by atoms with Crippen molar-refractivity contribution in [2.45, 2.75) is 13.8 Å². The van der Waals surface area contributed by atoms with Gasteiger partial charge in [0.05, 0.1) is 5.69 Å². The van der Waals surface area contributed by atoms with Crippen molar-refractivity contribution in [1.29, 1.82) is 0 Å². The summed E-state index contributed by atoms with van der Waals surface area (Å²) in [6.07, 6.45) is 1.79. The normalized spacial score (nSPS) is 10.4. The molecule has 72 valence electrons. The Morgan fingerprint density at radius 3 is 2.64 bits per heavy atom. The molecule has 0 saturated heterocycles. The van der Waals surface area contributed by atoms with E-state index in [-0.39, 0.29) is 0 Å². The molecule has 0 bridgehead atoms. The zero-order chi connectivity index (χ0) is 10.1. The minimum atomic E-state index is 0.764. The molecule has 0 aliphatic rings. The molecule has 3 heteroatoms. The SMILES string of the molecule is Cc1ccc(N)cc1-n1nccc1C. The van der Waals surface area contributed by atoms with E-state index in [1.54, 1.807) is 6.20 Å². The fourth-order valence-electron chi connectivity index (χ4n) is 1.48. The second-order valence-electron chi connectivity index (χ2n) is 3.43. The zero-order valence-corrected chi connectivity index (χ0v) is 8.36. The molecule has 0 unspecified atom stereocenters. The molecule has 2 N–H and O–H groups in total. The first-order valence-corrected chi connectivity index (χ1v) is 4.55. The molecule has 1 aromatic heterocycles. The van der Waals surface area contributed by atoms with Crippen LogP contribution >= 0.6 is 0 Å². The van der Waals surface area contributed by atoms with E-state index in [1.807, 2.05) is 35.9 Å². The number of rotatable bonds is 1. The molecule has 3 nitrogen and oxygen atoms in total. The summed E-state index contributed by atoms with van der Waals surface area (Å²) in [5, 5.41) is 4.25. The van der Waals surface area contributed by atoms with Crippen LogP contribution in [-0.2, 0) is 0 Å². The van der Waals surface area contributed by atoms with Crippen molar-refractivity contribution in [3.8, 4) is 5.69 Å². The van der Waals surface area contributed by atoms with Gasteiger partial charge < -0.3 is 5.73 Å². The number of benzene rings is 1. The van der Waals surface area contributed by atoms with Crippen LogP contribution in [0.4, 0.5) is 5.69 Å². The van der Waals surface area contributed by atoms with Crippen LogP contribution in [0.1, 0.15) is 11.3 Å². The smallest absolute Gasteiger partial charge is 0.0698 e. The lowest BCUT2D eigenvalue weighted by atomic mass is 10.2. The van der Waals surface area contributed by atoms with Crippen molar-refractivity contribution >= 4 is 5.69 Å². The van der Waals surface area contributed by atoms with E-state index in [0.717, 1.165) is 17.1 Å². The van der Waals surface area contributed by atoms with Gasteiger partial charge in [0.2, 0.25) is 0 Å². The van der Waals surface area contributed by atoms with Gasteiger partial charge in [0.15, 0.2) is 0 Å². The summed E-state index contributed by atoms with van der Waals surface area (Å²) in [6, 6.07) is 7.82. The molecule has 0 spiro atoms. The van der Waals surface area contributed by atoms with Gasteiger partial charge in [-0.1, -0.05) is 6.07 Å². The predicted molar refractivity (Wildman–Crippen MR) is 57.5 cm³/mol. The van der Waals surface area contributed by atoms with Crippen LogP contribution in [0.15, 0.2) is 30.5 Å². The minimum absolute atomic E-state index is 0.764. The minimum Gasteiger partial charge on any atom is -0.399 e. The molecule has 2 aromatic rings. The van der Waals surface area contributed by atoms with Crippen LogP contribution in [0, 0.1) is 13.8 Å². The van der Waals surface area contributed by atoms with Crippen LogP contribution in [0.5, 0.6) is 0 Å². The molecule has 1 aromatic carbocycles. The second-order valence-corrected chi connectivity index (χ2v) is 3.43. The lowest BCUT2D eigenvalue weighted by Crippen LogP contribution is -2.01. The Kier molecular flexibility index (Phi) is 2.00. The van der Waals surface area contributed by atoms with Gasteiger partial charge in [0.1, 0.15) is 0 Å². The maximum Gasteiger partial charge on any atom is 0.0698 e. The first-order chi connectivity index (χ1) is 6.68. The largest absolute Gasteiger partial charge is 0.399 e. The molecule has 2 rings (SSSR count). The van der Waals surface area contributed by atoms with Crippen molar-refractivity contribution in [3.05, 3.63) is 41.7 Å². The number of aryl methyl sites for hydroxylation is 2. The molecular formula is C11H13N3. The van der Waals surface area contributed by atoms with Gasteiger partial charge >= 0.3 is 0 Å². The van der Waals surface area contributed by atoms with Gasteiger partial charge in [0.25, 0.3) is 0 Å². The highest BCUT2D eigenvalue weighted by molar-refractivity contribution is 5.52. The predicted octanol–water partition coefficient (Wildman–Crippen LogP) is 2.07. The summed E-state index contributed by atoms with van der Waals surface area (Å²) in [5.41, 5.74) is 9.84. The van der Waals surface area contributed by atoms with Crippen LogP contribution in [-0.4, -0.2) is 9.78 Å². The molecular weight excluding hydrogens is 174 g/mol. The highest BCUT2D eigenvalue weighted by atomic mass is 15.3. The second kappa shape index (κ2) is 3.18. The van der Waals surface area contributed by atoms with Crippen molar-refractivity contribution in [2.24, 2.45) is 0 Å². The maximum absolute atomic E-state index is 5.74. The Balaban J connectivity index is 2.62. The number of anilines is 1. The molecule has 0 aliphatic carbocycles. The summed E-state index contributed by atoms with van der Waals surface area (Å²) in [4.78, 5) is 0. The molecule has 0 saturated carbocycles. The first kappa shape index (κ1) is 8.81. The quantitative estimate of drug-likeness (QED) is 0.694. The van der Waals surface area contributed by atoms with Gasteiger partial charge in [-0.2, -0.15) is 5.10 Å². The van der Waals surface area contributed by atoms with E-state index in [0.29, 0.717) is 0 Å².